The highest BCUT2D eigenvalue weighted by atomic mass is 16.7. The van der Waals surface area contributed by atoms with Crippen LogP contribution in [0.2, 0.25) is 0 Å². The molecule has 5 heteroatoms. The molecule has 1 aliphatic rings. The molecule has 1 aromatic rings. The average molecular weight is 263 g/mol. The van der Waals surface area contributed by atoms with Crippen LogP contribution in [0, 0.1) is 0 Å². The van der Waals surface area contributed by atoms with Crippen LogP contribution in [0.25, 0.3) is 0 Å². The van der Waals surface area contributed by atoms with Crippen molar-refractivity contribution in [1.82, 2.24) is 4.98 Å². The molecule has 1 saturated heterocycles. The number of hydrogen-bond donors (Lipinski definition) is 1. The molecule has 1 N–H and O–H groups in total. The van der Waals surface area contributed by atoms with Gasteiger partial charge in [0.1, 0.15) is 5.75 Å². The molecular weight excluding hydrogens is 241 g/mol. The van der Waals surface area contributed by atoms with Gasteiger partial charge in [0, 0.05) is 11.2 Å². The minimum absolute atomic E-state index is 0.114. The zero-order valence-electron chi connectivity index (χ0n) is 12.5. The Morgan fingerprint density at radius 2 is 1.68 bits per heavy atom. The zero-order chi connectivity index (χ0) is 14.4. The fourth-order valence-electron chi connectivity index (χ4n) is 1.96. The molecule has 2 heterocycles. The summed E-state index contributed by atoms with van der Waals surface area (Å²) < 4.78 is 11.9. The number of hydrogen-bond acceptors (Lipinski definition) is 4. The van der Waals surface area contributed by atoms with Crippen LogP contribution in [-0.4, -0.2) is 28.4 Å². The SMILES string of the molecule is CC(C)c1cc(B2OC(C)(C)C(C)(C)O2)c(O)cn1. The van der Waals surface area contributed by atoms with E-state index in [4.69, 9.17) is 9.31 Å². The summed E-state index contributed by atoms with van der Waals surface area (Å²) in [5.41, 5.74) is 0.747. The first-order valence-electron chi connectivity index (χ1n) is 6.68. The molecular formula is C14H22BNO3. The third-order valence-corrected chi connectivity index (χ3v) is 4.03. The summed E-state index contributed by atoms with van der Waals surface area (Å²) in [4.78, 5) is 4.22. The fourth-order valence-corrected chi connectivity index (χ4v) is 1.96. The Morgan fingerprint density at radius 3 is 2.16 bits per heavy atom. The van der Waals surface area contributed by atoms with E-state index in [1.807, 2.05) is 33.8 Å². The van der Waals surface area contributed by atoms with E-state index >= 15 is 0 Å². The second-order valence-corrected chi connectivity index (χ2v) is 6.41. The van der Waals surface area contributed by atoms with Gasteiger partial charge in [0.25, 0.3) is 0 Å². The molecule has 104 valence electrons. The van der Waals surface area contributed by atoms with E-state index in [0.29, 0.717) is 11.4 Å². The van der Waals surface area contributed by atoms with Crippen molar-refractivity contribution in [3.63, 3.8) is 0 Å². The van der Waals surface area contributed by atoms with E-state index < -0.39 is 18.3 Å². The molecule has 1 aromatic heterocycles. The lowest BCUT2D eigenvalue weighted by molar-refractivity contribution is 0.00578. The van der Waals surface area contributed by atoms with Gasteiger partial charge in [0.15, 0.2) is 0 Å². The standard InChI is InChI=1S/C14H22BNO3/c1-9(2)11-7-10(12(17)8-16-11)15-18-13(3,4)14(5,6)19-15/h7-9,17H,1-6H3. The Hall–Kier alpha value is -1.07. The van der Waals surface area contributed by atoms with Crippen LogP contribution in [0.3, 0.4) is 0 Å². The minimum Gasteiger partial charge on any atom is -0.507 e. The average Bonchev–Trinajstić information content (AvgIpc) is 2.48. The Morgan fingerprint density at radius 1 is 1.16 bits per heavy atom. The monoisotopic (exact) mass is 263 g/mol. The van der Waals surface area contributed by atoms with Crippen molar-refractivity contribution in [3.8, 4) is 5.75 Å². The summed E-state index contributed by atoms with van der Waals surface area (Å²) in [5.74, 6) is 0.407. The van der Waals surface area contributed by atoms with Crippen molar-refractivity contribution < 1.29 is 14.4 Å². The number of aromatic nitrogens is 1. The maximum Gasteiger partial charge on any atom is 0.498 e. The summed E-state index contributed by atoms with van der Waals surface area (Å²) in [6.45, 7) is 12.1. The first-order valence-corrected chi connectivity index (χ1v) is 6.68. The summed E-state index contributed by atoms with van der Waals surface area (Å²) in [5, 5.41) is 10.00. The highest BCUT2D eigenvalue weighted by Crippen LogP contribution is 2.37. The molecule has 0 radical (unpaired) electrons. The molecule has 1 fully saturated rings. The van der Waals surface area contributed by atoms with Crippen LogP contribution in [0.4, 0.5) is 0 Å². The lowest BCUT2D eigenvalue weighted by Crippen LogP contribution is -2.41. The summed E-state index contributed by atoms with van der Waals surface area (Å²) in [7, 11) is -0.550. The maximum atomic E-state index is 10.00. The van der Waals surface area contributed by atoms with E-state index in [-0.39, 0.29) is 5.75 Å². The molecule has 4 nitrogen and oxygen atoms in total. The Balaban J connectivity index is 2.36. The second kappa shape index (κ2) is 4.49. The normalized spacial score (nSPS) is 21.1. The molecule has 0 aliphatic carbocycles. The first kappa shape index (κ1) is 14.3. The predicted molar refractivity (Wildman–Crippen MR) is 75.7 cm³/mol. The van der Waals surface area contributed by atoms with Gasteiger partial charge < -0.3 is 14.4 Å². The Labute approximate surface area is 115 Å². The van der Waals surface area contributed by atoms with Gasteiger partial charge in [0.05, 0.1) is 17.4 Å². The van der Waals surface area contributed by atoms with E-state index in [2.05, 4.69) is 18.8 Å². The minimum atomic E-state index is -0.550. The molecule has 2 rings (SSSR count). The smallest absolute Gasteiger partial charge is 0.498 e. The molecule has 0 spiro atoms. The highest BCUT2D eigenvalue weighted by Gasteiger charge is 2.52. The number of pyridine rings is 1. The zero-order valence-corrected chi connectivity index (χ0v) is 12.5. The number of rotatable bonds is 2. The Kier molecular flexibility index (Phi) is 3.39. The van der Waals surface area contributed by atoms with Crippen molar-refractivity contribution in [3.05, 3.63) is 18.0 Å². The van der Waals surface area contributed by atoms with Crippen molar-refractivity contribution in [1.29, 1.82) is 0 Å². The van der Waals surface area contributed by atoms with Crippen molar-refractivity contribution in [2.75, 3.05) is 0 Å². The fraction of sp³-hybridized carbons (Fsp3) is 0.643. The van der Waals surface area contributed by atoms with Gasteiger partial charge in [-0.3, -0.25) is 4.98 Å². The van der Waals surface area contributed by atoms with Gasteiger partial charge in [-0.25, -0.2) is 0 Å². The van der Waals surface area contributed by atoms with Gasteiger partial charge in [-0.1, -0.05) is 13.8 Å². The molecule has 0 saturated carbocycles. The summed E-state index contributed by atoms with van der Waals surface area (Å²) in [6, 6.07) is 1.86. The van der Waals surface area contributed by atoms with Crippen LogP contribution < -0.4 is 5.46 Å². The molecule has 1 aliphatic heterocycles. The topological polar surface area (TPSA) is 51.6 Å². The van der Waals surface area contributed by atoms with E-state index in [0.717, 1.165) is 5.69 Å². The van der Waals surface area contributed by atoms with Crippen LogP contribution in [0.5, 0.6) is 5.75 Å². The van der Waals surface area contributed by atoms with E-state index in [1.54, 1.807) is 0 Å². The molecule has 0 bridgehead atoms. The summed E-state index contributed by atoms with van der Waals surface area (Å²) in [6.07, 6.45) is 1.47. The predicted octanol–water partition coefficient (Wildman–Crippen LogP) is 2.21. The molecule has 0 unspecified atom stereocenters. The molecule has 0 atom stereocenters. The number of nitrogens with zero attached hydrogens (tertiary/aromatic N) is 1. The van der Waals surface area contributed by atoms with Gasteiger partial charge in [-0.05, 0) is 39.7 Å². The van der Waals surface area contributed by atoms with Gasteiger partial charge >= 0.3 is 7.12 Å². The quantitative estimate of drug-likeness (QED) is 0.831. The molecule has 0 amide bonds. The second-order valence-electron chi connectivity index (χ2n) is 6.41. The van der Waals surface area contributed by atoms with Gasteiger partial charge in [-0.15, -0.1) is 0 Å². The van der Waals surface area contributed by atoms with Gasteiger partial charge in [0.2, 0.25) is 0 Å². The lowest BCUT2D eigenvalue weighted by atomic mass is 9.78. The largest absolute Gasteiger partial charge is 0.507 e. The third kappa shape index (κ3) is 2.49. The molecule has 0 aromatic carbocycles. The number of aromatic hydroxyl groups is 1. The van der Waals surface area contributed by atoms with Crippen molar-refractivity contribution in [2.24, 2.45) is 0 Å². The Bertz CT molecular complexity index is 470. The van der Waals surface area contributed by atoms with Crippen LogP contribution in [0.1, 0.15) is 53.2 Å². The molecule has 19 heavy (non-hydrogen) atoms. The van der Waals surface area contributed by atoms with Crippen molar-refractivity contribution in [2.45, 2.75) is 58.7 Å². The van der Waals surface area contributed by atoms with Crippen LogP contribution >= 0.6 is 0 Å². The highest BCUT2D eigenvalue weighted by molar-refractivity contribution is 6.63. The third-order valence-electron chi connectivity index (χ3n) is 4.03. The van der Waals surface area contributed by atoms with Crippen LogP contribution in [-0.2, 0) is 9.31 Å². The van der Waals surface area contributed by atoms with Gasteiger partial charge in [-0.2, -0.15) is 0 Å². The summed E-state index contributed by atoms with van der Waals surface area (Å²) >= 11 is 0. The lowest BCUT2D eigenvalue weighted by Gasteiger charge is -2.32. The van der Waals surface area contributed by atoms with Crippen molar-refractivity contribution >= 4 is 12.6 Å². The first-order chi connectivity index (χ1) is 8.64. The van der Waals surface area contributed by atoms with E-state index in [9.17, 15) is 5.11 Å². The maximum absolute atomic E-state index is 10.00. The van der Waals surface area contributed by atoms with Crippen LogP contribution in [0.15, 0.2) is 12.3 Å². The van der Waals surface area contributed by atoms with E-state index in [1.165, 1.54) is 6.20 Å².